The zero-order valence-corrected chi connectivity index (χ0v) is 18.4. The molecule has 1 aromatic heterocycles. The first-order chi connectivity index (χ1) is 15.6. The fraction of sp³-hybridized carbons (Fsp3) is 0.296. The Bertz CT molecular complexity index is 1280. The first-order valence-electron chi connectivity index (χ1n) is 11.4. The van der Waals surface area contributed by atoms with E-state index in [0.29, 0.717) is 18.7 Å². The number of benzene rings is 3. The summed E-state index contributed by atoms with van der Waals surface area (Å²) < 4.78 is 16.3. The van der Waals surface area contributed by atoms with Crippen LogP contribution < -0.4 is 5.32 Å². The standard InChI is InChI=1S/C27H28FN3O/c1-2-31-25-12-6-4-10-22(25)23-16-21(13-14-26(23)31)29-27(32)20-9-7-15-30(18-20)17-19-8-3-5-11-24(19)28/h3-6,8,10-14,16,20H,2,7,9,15,17-18H2,1H3,(H,29,32). The van der Waals surface area contributed by atoms with Gasteiger partial charge in [0.05, 0.1) is 5.92 Å². The van der Waals surface area contributed by atoms with E-state index in [2.05, 4.69) is 58.1 Å². The monoisotopic (exact) mass is 429 g/mol. The van der Waals surface area contributed by atoms with Gasteiger partial charge in [0, 0.05) is 52.7 Å². The SMILES string of the molecule is CCn1c2ccccc2c2cc(NC(=O)C3CCCN(Cc4ccccc4F)C3)ccc21. The maximum atomic E-state index is 14.0. The van der Waals surface area contributed by atoms with Gasteiger partial charge in [0.1, 0.15) is 5.82 Å². The quantitative estimate of drug-likeness (QED) is 0.435. The van der Waals surface area contributed by atoms with Gasteiger partial charge < -0.3 is 9.88 Å². The highest BCUT2D eigenvalue weighted by Gasteiger charge is 2.26. The highest BCUT2D eigenvalue weighted by Crippen LogP contribution is 2.31. The summed E-state index contributed by atoms with van der Waals surface area (Å²) >= 11 is 0. The van der Waals surface area contributed by atoms with Crippen LogP contribution in [0.25, 0.3) is 21.8 Å². The van der Waals surface area contributed by atoms with E-state index < -0.39 is 0 Å². The first-order valence-corrected chi connectivity index (χ1v) is 11.4. The molecule has 0 spiro atoms. The van der Waals surface area contributed by atoms with Crippen LogP contribution in [0.2, 0.25) is 0 Å². The number of aromatic nitrogens is 1. The largest absolute Gasteiger partial charge is 0.341 e. The van der Waals surface area contributed by atoms with Crippen molar-refractivity contribution in [3.8, 4) is 0 Å². The van der Waals surface area contributed by atoms with E-state index in [1.54, 1.807) is 6.07 Å². The minimum absolute atomic E-state index is 0.0433. The number of carbonyl (C=O) groups is 1. The van der Waals surface area contributed by atoms with Crippen molar-refractivity contribution in [3.63, 3.8) is 0 Å². The fourth-order valence-electron chi connectivity index (χ4n) is 5.00. The molecule has 4 aromatic rings. The Morgan fingerprint density at radius 3 is 2.66 bits per heavy atom. The number of nitrogens with one attached hydrogen (secondary N) is 1. The summed E-state index contributed by atoms with van der Waals surface area (Å²) in [6.45, 7) is 5.13. The second-order valence-electron chi connectivity index (χ2n) is 8.65. The van der Waals surface area contributed by atoms with Crippen molar-refractivity contribution in [1.82, 2.24) is 9.47 Å². The van der Waals surface area contributed by atoms with Crippen LogP contribution in [0.3, 0.4) is 0 Å². The summed E-state index contributed by atoms with van der Waals surface area (Å²) in [7, 11) is 0. The molecule has 0 aliphatic carbocycles. The van der Waals surface area contributed by atoms with Crippen molar-refractivity contribution in [3.05, 3.63) is 78.1 Å². The zero-order chi connectivity index (χ0) is 22.1. The fourth-order valence-corrected chi connectivity index (χ4v) is 5.00. The van der Waals surface area contributed by atoms with E-state index in [9.17, 15) is 9.18 Å². The third-order valence-corrected chi connectivity index (χ3v) is 6.58. The molecule has 2 heterocycles. The molecular weight excluding hydrogens is 401 g/mol. The van der Waals surface area contributed by atoms with Crippen molar-refractivity contribution in [2.75, 3.05) is 18.4 Å². The van der Waals surface area contributed by atoms with Gasteiger partial charge in [-0.1, -0.05) is 36.4 Å². The van der Waals surface area contributed by atoms with Crippen molar-refractivity contribution in [2.45, 2.75) is 32.9 Å². The summed E-state index contributed by atoms with van der Waals surface area (Å²) in [5.41, 5.74) is 3.91. The molecule has 1 aliphatic heterocycles. The lowest BCUT2D eigenvalue weighted by atomic mass is 9.96. The van der Waals surface area contributed by atoms with Crippen LogP contribution >= 0.6 is 0 Å². The number of carbonyl (C=O) groups excluding carboxylic acids is 1. The van der Waals surface area contributed by atoms with Gasteiger partial charge in [-0.25, -0.2) is 4.39 Å². The Morgan fingerprint density at radius 1 is 1.03 bits per heavy atom. The summed E-state index contributed by atoms with van der Waals surface area (Å²) in [6, 6.07) is 21.5. The van der Waals surface area contributed by atoms with Gasteiger partial charge in [-0.2, -0.15) is 0 Å². The van der Waals surface area contributed by atoms with E-state index in [1.807, 2.05) is 18.2 Å². The van der Waals surface area contributed by atoms with Gasteiger partial charge in [-0.15, -0.1) is 0 Å². The normalized spacial score (nSPS) is 17.1. The van der Waals surface area contributed by atoms with Gasteiger partial charge in [-0.3, -0.25) is 9.69 Å². The maximum Gasteiger partial charge on any atom is 0.228 e. The molecule has 1 aliphatic rings. The molecule has 4 nitrogen and oxygen atoms in total. The van der Waals surface area contributed by atoms with Crippen LogP contribution in [-0.2, 0) is 17.9 Å². The Kier molecular flexibility index (Phi) is 5.66. The molecule has 1 atom stereocenters. The Hall–Kier alpha value is -3.18. The summed E-state index contributed by atoms with van der Waals surface area (Å²) in [5, 5.41) is 5.50. The van der Waals surface area contributed by atoms with Crippen molar-refractivity contribution in [2.24, 2.45) is 5.92 Å². The average molecular weight is 430 g/mol. The third kappa shape index (κ3) is 3.89. The molecule has 3 aromatic carbocycles. The third-order valence-electron chi connectivity index (χ3n) is 6.58. The lowest BCUT2D eigenvalue weighted by Gasteiger charge is -2.32. The van der Waals surface area contributed by atoms with Gasteiger partial charge in [0.2, 0.25) is 5.91 Å². The highest BCUT2D eigenvalue weighted by atomic mass is 19.1. The molecule has 0 radical (unpaired) electrons. The number of amides is 1. The molecule has 1 fully saturated rings. The predicted molar refractivity (Wildman–Crippen MR) is 128 cm³/mol. The highest BCUT2D eigenvalue weighted by molar-refractivity contribution is 6.09. The maximum absolute atomic E-state index is 14.0. The topological polar surface area (TPSA) is 37.3 Å². The van der Waals surface area contributed by atoms with Crippen LogP contribution in [0.5, 0.6) is 0 Å². The van der Waals surface area contributed by atoms with E-state index in [4.69, 9.17) is 0 Å². The van der Waals surface area contributed by atoms with Crippen LogP contribution in [0, 0.1) is 11.7 Å². The molecular formula is C27H28FN3O. The lowest BCUT2D eigenvalue weighted by Crippen LogP contribution is -2.40. The number of hydrogen-bond donors (Lipinski definition) is 1. The van der Waals surface area contributed by atoms with E-state index in [-0.39, 0.29) is 17.6 Å². The molecule has 0 saturated carbocycles. The number of piperidine rings is 1. The Labute approximate surface area is 187 Å². The van der Waals surface area contributed by atoms with Crippen LogP contribution in [0.4, 0.5) is 10.1 Å². The Morgan fingerprint density at radius 2 is 1.81 bits per heavy atom. The second kappa shape index (κ2) is 8.75. The van der Waals surface area contributed by atoms with E-state index in [0.717, 1.165) is 37.0 Å². The van der Waals surface area contributed by atoms with Crippen LogP contribution in [-0.4, -0.2) is 28.5 Å². The molecule has 1 N–H and O–H groups in total. The first kappa shape index (κ1) is 20.7. The van der Waals surface area contributed by atoms with Gasteiger partial charge in [-0.05, 0) is 56.6 Å². The molecule has 5 rings (SSSR count). The molecule has 1 amide bonds. The van der Waals surface area contributed by atoms with Crippen LogP contribution in [0.1, 0.15) is 25.3 Å². The van der Waals surface area contributed by atoms with Gasteiger partial charge in [0.25, 0.3) is 0 Å². The summed E-state index contributed by atoms with van der Waals surface area (Å²) in [5.74, 6) is -0.233. The second-order valence-corrected chi connectivity index (χ2v) is 8.65. The summed E-state index contributed by atoms with van der Waals surface area (Å²) in [4.78, 5) is 15.3. The minimum atomic E-state index is -0.182. The molecule has 164 valence electrons. The van der Waals surface area contributed by atoms with E-state index >= 15 is 0 Å². The number of anilines is 1. The Balaban J connectivity index is 1.33. The average Bonchev–Trinajstić information content (AvgIpc) is 3.14. The number of para-hydroxylation sites is 1. The lowest BCUT2D eigenvalue weighted by molar-refractivity contribution is -0.121. The van der Waals surface area contributed by atoms with Gasteiger partial charge in [0.15, 0.2) is 0 Å². The van der Waals surface area contributed by atoms with Crippen molar-refractivity contribution >= 4 is 33.4 Å². The molecule has 5 heteroatoms. The van der Waals surface area contributed by atoms with Crippen LogP contribution in [0.15, 0.2) is 66.7 Å². The number of rotatable bonds is 5. The van der Waals surface area contributed by atoms with Crippen molar-refractivity contribution < 1.29 is 9.18 Å². The van der Waals surface area contributed by atoms with Gasteiger partial charge >= 0.3 is 0 Å². The number of hydrogen-bond acceptors (Lipinski definition) is 2. The number of likely N-dealkylation sites (tertiary alicyclic amines) is 1. The number of aryl methyl sites for hydroxylation is 1. The zero-order valence-electron chi connectivity index (χ0n) is 18.4. The smallest absolute Gasteiger partial charge is 0.228 e. The predicted octanol–water partition coefficient (Wildman–Crippen LogP) is 5.80. The number of fused-ring (bicyclic) bond motifs is 3. The summed E-state index contributed by atoms with van der Waals surface area (Å²) in [6.07, 6.45) is 1.80. The minimum Gasteiger partial charge on any atom is -0.341 e. The molecule has 1 unspecified atom stereocenters. The molecule has 0 bridgehead atoms. The number of nitrogens with zero attached hydrogens (tertiary/aromatic N) is 2. The number of halogens is 1. The molecule has 32 heavy (non-hydrogen) atoms. The van der Waals surface area contributed by atoms with Crippen molar-refractivity contribution in [1.29, 1.82) is 0 Å². The molecule has 1 saturated heterocycles. The van der Waals surface area contributed by atoms with E-state index in [1.165, 1.54) is 22.5 Å².